The summed E-state index contributed by atoms with van der Waals surface area (Å²) in [5.74, 6) is -1.14. The first-order chi connectivity index (χ1) is 8.07. The molecule has 1 aromatic carbocycles. The van der Waals surface area contributed by atoms with Gasteiger partial charge in [-0.1, -0.05) is 18.2 Å². The second-order valence-corrected chi connectivity index (χ2v) is 3.00. The van der Waals surface area contributed by atoms with Crippen LogP contribution in [0, 0.1) is 0 Å². The van der Waals surface area contributed by atoms with Gasteiger partial charge in [0.15, 0.2) is 0 Å². The minimum Gasteiger partial charge on any atom is -0.478 e. The van der Waals surface area contributed by atoms with E-state index in [1.54, 1.807) is 37.4 Å². The fourth-order valence-corrected chi connectivity index (χ4v) is 0.849. The van der Waals surface area contributed by atoms with E-state index in [0.717, 1.165) is 0 Å². The monoisotopic (exact) mass is 240 g/mol. The van der Waals surface area contributed by atoms with Gasteiger partial charge in [-0.2, -0.15) is 0 Å². The van der Waals surface area contributed by atoms with Crippen molar-refractivity contribution in [1.29, 1.82) is 0 Å². The average molecular weight is 240 g/mol. The maximum Gasteiger partial charge on any atom is 0.335 e. The second kappa shape index (κ2) is 9.35. The van der Waals surface area contributed by atoms with Crippen molar-refractivity contribution in [1.82, 2.24) is 0 Å². The van der Waals surface area contributed by atoms with Gasteiger partial charge in [0.05, 0.1) is 12.2 Å². The number of carboxylic acids is 1. The summed E-state index contributed by atoms with van der Waals surface area (Å²) in [4.78, 5) is 20.2. The Morgan fingerprint density at radius 3 is 2.12 bits per heavy atom. The molecule has 0 aliphatic carbocycles. The molecule has 1 N–H and O–H groups in total. The quantitative estimate of drug-likeness (QED) is 0.639. The molecule has 0 aromatic heterocycles. The Hall–Kier alpha value is -1.88. The van der Waals surface area contributed by atoms with Gasteiger partial charge >= 0.3 is 11.9 Å². The maximum absolute atomic E-state index is 10.2. The van der Waals surface area contributed by atoms with E-state index in [4.69, 9.17) is 5.11 Å². The van der Waals surface area contributed by atoms with Gasteiger partial charge in [0.25, 0.3) is 0 Å². The number of benzene rings is 1. The first-order valence-corrected chi connectivity index (χ1v) is 4.98. The third-order valence-electron chi connectivity index (χ3n) is 1.61. The molecule has 1 rings (SSSR count). The van der Waals surface area contributed by atoms with E-state index in [9.17, 15) is 9.59 Å². The number of esters is 1. The van der Waals surface area contributed by atoms with Crippen LogP contribution < -0.4 is 0 Å². The zero-order valence-electron chi connectivity index (χ0n) is 9.88. The summed E-state index contributed by atoms with van der Waals surface area (Å²) in [5, 5.41) is 8.38. The molecule has 5 heteroatoms. The molecule has 0 radical (unpaired) electrons. The SMILES string of the molecule is COCCOC(C)=O.O=C(O)c1ccccc1. The highest BCUT2D eigenvalue weighted by Gasteiger charge is 1.96. The lowest BCUT2D eigenvalue weighted by molar-refractivity contribution is -0.142. The average Bonchev–Trinajstić information content (AvgIpc) is 2.31. The van der Waals surface area contributed by atoms with Crippen LogP contribution in [0.4, 0.5) is 0 Å². The molecule has 0 heterocycles. The van der Waals surface area contributed by atoms with Gasteiger partial charge in [0.2, 0.25) is 0 Å². The Bertz CT molecular complexity index is 334. The molecule has 0 aliphatic heterocycles. The Morgan fingerprint density at radius 2 is 1.76 bits per heavy atom. The van der Waals surface area contributed by atoms with Crippen molar-refractivity contribution in [2.75, 3.05) is 20.3 Å². The molecule has 1 aromatic rings. The molecule has 0 bridgehead atoms. The Labute approximate surface area is 100.0 Å². The lowest BCUT2D eigenvalue weighted by atomic mass is 10.2. The highest BCUT2D eigenvalue weighted by molar-refractivity contribution is 5.87. The van der Waals surface area contributed by atoms with E-state index < -0.39 is 5.97 Å². The molecule has 0 saturated carbocycles. The van der Waals surface area contributed by atoms with Gasteiger partial charge < -0.3 is 14.6 Å². The number of carbonyl (C=O) groups is 2. The van der Waals surface area contributed by atoms with Crippen LogP contribution in [0.1, 0.15) is 17.3 Å². The predicted octanol–water partition coefficient (Wildman–Crippen LogP) is 1.58. The van der Waals surface area contributed by atoms with Gasteiger partial charge in [-0.15, -0.1) is 0 Å². The summed E-state index contributed by atoms with van der Waals surface area (Å²) in [6.45, 7) is 2.20. The molecule has 0 unspecified atom stereocenters. The summed E-state index contributed by atoms with van der Waals surface area (Å²) < 4.78 is 9.13. The number of carboxylic acid groups (broad SMARTS) is 1. The van der Waals surface area contributed by atoms with Crippen LogP contribution in [0.5, 0.6) is 0 Å². The molecule has 0 fully saturated rings. The van der Waals surface area contributed by atoms with Gasteiger partial charge in [-0.25, -0.2) is 4.79 Å². The lowest BCUT2D eigenvalue weighted by Gasteiger charge is -1.97. The predicted molar refractivity (Wildman–Crippen MR) is 61.9 cm³/mol. The molecule has 0 spiro atoms. The van der Waals surface area contributed by atoms with Crippen LogP contribution >= 0.6 is 0 Å². The largest absolute Gasteiger partial charge is 0.478 e. The van der Waals surface area contributed by atoms with Crippen molar-refractivity contribution >= 4 is 11.9 Å². The van der Waals surface area contributed by atoms with Crippen molar-refractivity contribution in [3.8, 4) is 0 Å². The van der Waals surface area contributed by atoms with E-state index in [0.29, 0.717) is 18.8 Å². The smallest absolute Gasteiger partial charge is 0.335 e. The number of methoxy groups -OCH3 is 1. The molecule has 5 nitrogen and oxygen atoms in total. The Kier molecular flexibility index (Phi) is 8.32. The molecule has 0 atom stereocenters. The lowest BCUT2D eigenvalue weighted by Crippen LogP contribution is -2.05. The van der Waals surface area contributed by atoms with Crippen LogP contribution in [0.25, 0.3) is 0 Å². The number of ether oxygens (including phenoxy) is 2. The van der Waals surface area contributed by atoms with E-state index >= 15 is 0 Å². The first-order valence-electron chi connectivity index (χ1n) is 4.98. The number of rotatable bonds is 4. The zero-order chi connectivity index (χ0) is 13.1. The van der Waals surface area contributed by atoms with E-state index in [1.165, 1.54) is 6.92 Å². The van der Waals surface area contributed by atoms with Gasteiger partial charge in [0.1, 0.15) is 6.61 Å². The molecule has 17 heavy (non-hydrogen) atoms. The third-order valence-corrected chi connectivity index (χ3v) is 1.61. The van der Waals surface area contributed by atoms with Crippen LogP contribution in [-0.2, 0) is 14.3 Å². The second-order valence-electron chi connectivity index (χ2n) is 3.00. The number of hydrogen-bond donors (Lipinski definition) is 1. The highest BCUT2D eigenvalue weighted by Crippen LogP contribution is 1.96. The Morgan fingerprint density at radius 1 is 1.18 bits per heavy atom. The number of aromatic carboxylic acids is 1. The minimum absolute atomic E-state index is 0.262. The summed E-state index contributed by atoms with van der Waals surface area (Å²) in [5.41, 5.74) is 0.331. The van der Waals surface area contributed by atoms with Gasteiger partial charge in [0, 0.05) is 14.0 Å². The first kappa shape index (κ1) is 15.1. The highest BCUT2D eigenvalue weighted by atomic mass is 16.6. The summed E-state index contributed by atoms with van der Waals surface area (Å²) in [7, 11) is 1.56. The maximum atomic E-state index is 10.2. The standard InChI is InChI=1S/C7H6O2.C5H10O3/c8-7(9)6-4-2-1-3-5-6;1-5(6)8-4-3-7-2/h1-5H,(H,8,9);3-4H2,1-2H3. The normalized spacial score (nSPS) is 8.82. The minimum atomic E-state index is -0.879. The van der Waals surface area contributed by atoms with E-state index in [1.807, 2.05) is 0 Å². The van der Waals surface area contributed by atoms with Gasteiger partial charge in [-0.3, -0.25) is 4.79 Å². The van der Waals surface area contributed by atoms with E-state index in [2.05, 4.69) is 9.47 Å². The zero-order valence-corrected chi connectivity index (χ0v) is 9.88. The molecule has 94 valence electrons. The van der Waals surface area contributed by atoms with Crippen molar-refractivity contribution in [2.45, 2.75) is 6.92 Å². The van der Waals surface area contributed by atoms with E-state index in [-0.39, 0.29) is 5.97 Å². The third kappa shape index (κ3) is 9.07. The van der Waals surface area contributed by atoms with Crippen LogP contribution in [-0.4, -0.2) is 37.4 Å². The van der Waals surface area contributed by atoms with Crippen molar-refractivity contribution in [2.24, 2.45) is 0 Å². The van der Waals surface area contributed by atoms with Gasteiger partial charge in [-0.05, 0) is 12.1 Å². The van der Waals surface area contributed by atoms with Crippen molar-refractivity contribution < 1.29 is 24.2 Å². The summed E-state index contributed by atoms with van der Waals surface area (Å²) in [6, 6.07) is 8.30. The summed E-state index contributed by atoms with van der Waals surface area (Å²) >= 11 is 0. The number of hydrogen-bond acceptors (Lipinski definition) is 4. The van der Waals surface area contributed by atoms with Crippen LogP contribution in [0.15, 0.2) is 30.3 Å². The van der Waals surface area contributed by atoms with Crippen LogP contribution in [0.3, 0.4) is 0 Å². The Balaban J connectivity index is 0.000000304. The molecular weight excluding hydrogens is 224 g/mol. The summed E-state index contributed by atoms with van der Waals surface area (Å²) in [6.07, 6.45) is 0. The van der Waals surface area contributed by atoms with Crippen molar-refractivity contribution in [3.05, 3.63) is 35.9 Å². The fraction of sp³-hybridized carbons (Fsp3) is 0.333. The fourth-order valence-electron chi connectivity index (χ4n) is 0.849. The molecule has 0 amide bonds. The van der Waals surface area contributed by atoms with Crippen LogP contribution in [0.2, 0.25) is 0 Å². The molecular formula is C12H16O5. The number of carbonyl (C=O) groups excluding carboxylic acids is 1. The van der Waals surface area contributed by atoms with Crippen molar-refractivity contribution in [3.63, 3.8) is 0 Å². The topological polar surface area (TPSA) is 72.8 Å². The molecule has 0 aliphatic rings. The molecule has 0 saturated heterocycles.